The van der Waals surface area contributed by atoms with E-state index in [0.717, 1.165) is 47.7 Å². The Labute approximate surface area is 135 Å². The van der Waals surface area contributed by atoms with Gasteiger partial charge in [0, 0.05) is 29.2 Å². The average Bonchev–Trinajstić information content (AvgIpc) is 2.41. The first-order chi connectivity index (χ1) is 9.58. The summed E-state index contributed by atoms with van der Waals surface area (Å²) in [5.74, 6) is 0. The SMILES string of the molecule is CCNC(CCN(C)CCOC)c1ccc(Br)cc1Cl. The summed E-state index contributed by atoms with van der Waals surface area (Å²) in [5.41, 5.74) is 1.16. The molecular formula is C15H24BrClN2O. The molecule has 0 heterocycles. The van der Waals surface area contributed by atoms with E-state index in [9.17, 15) is 0 Å². The molecule has 0 aromatic heterocycles. The van der Waals surface area contributed by atoms with Crippen LogP contribution in [0.4, 0.5) is 0 Å². The van der Waals surface area contributed by atoms with Gasteiger partial charge in [0.2, 0.25) is 0 Å². The van der Waals surface area contributed by atoms with Crippen molar-refractivity contribution in [2.45, 2.75) is 19.4 Å². The molecule has 1 atom stereocenters. The lowest BCUT2D eigenvalue weighted by atomic mass is 10.0. The van der Waals surface area contributed by atoms with Gasteiger partial charge in [0.25, 0.3) is 0 Å². The van der Waals surface area contributed by atoms with Crippen molar-refractivity contribution < 1.29 is 4.74 Å². The molecule has 0 saturated heterocycles. The van der Waals surface area contributed by atoms with Crippen LogP contribution in [0.1, 0.15) is 24.9 Å². The number of likely N-dealkylation sites (N-methyl/N-ethyl adjacent to an activating group) is 1. The molecule has 1 unspecified atom stereocenters. The largest absolute Gasteiger partial charge is 0.383 e. The van der Waals surface area contributed by atoms with Crippen LogP contribution in [-0.2, 0) is 4.74 Å². The lowest BCUT2D eigenvalue weighted by molar-refractivity contribution is 0.159. The van der Waals surface area contributed by atoms with E-state index >= 15 is 0 Å². The average molecular weight is 364 g/mol. The van der Waals surface area contributed by atoms with Crippen LogP contribution < -0.4 is 5.32 Å². The third kappa shape index (κ3) is 6.10. The Morgan fingerprint density at radius 3 is 2.75 bits per heavy atom. The van der Waals surface area contributed by atoms with Crippen molar-refractivity contribution in [3.8, 4) is 0 Å². The van der Waals surface area contributed by atoms with Crippen LogP contribution in [0.5, 0.6) is 0 Å². The fourth-order valence-electron chi connectivity index (χ4n) is 2.11. The zero-order valence-electron chi connectivity index (χ0n) is 12.5. The first-order valence-corrected chi connectivity index (χ1v) is 8.11. The molecule has 1 rings (SSSR count). The van der Waals surface area contributed by atoms with Gasteiger partial charge in [-0.3, -0.25) is 0 Å². The van der Waals surface area contributed by atoms with E-state index in [1.807, 2.05) is 12.1 Å². The zero-order valence-corrected chi connectivity index (χ0v) is 14.8. The predicted molar refractivity (Wildman–Crippen MR) is 89.6 cm³/mol. The third-order valence-corrected chi connectivity index (χ3v) is 4.09. The van der Waals surface area contributed by atoms with Crippen molar-refractivity contribution in [1.29, 1.82) is 0 Å². The molecule has 0 fully saturated rings. The van der Waals surface area contributed by atoms with E-state index in [-0.39, 0.29) is 6.04 Å². The lowest BCUT2D eigenvalue weighted by Crippen LogP contribution is -2.29. The van der Waals surface area contributed by atoms with Crippen LogP contribution in [0.25, 0.3) is 0 Å². The molecule has 3 nitrogen and oxygen atoms in total. The van der Waals surface area contributed by atoms with Crippen molar-refractivity contribution in [2.24, 2.45) is 0 Å². The molecule has 5 heteroatoms. The summed E-state index contributed by atoms with van der Waals surface area (Å²) in [5, 5.41) is 4.32. The number of benzene rings is 1. The molecule has 0 spiro atoms. The molecular weight excluding hydrogens is 340 g/mol. The molecule has 20 heavy (non-hydrogen) atoms. The Hall–Kier alpha value is -0.130. The summed E-state index contributed by atoms with van der Waals surface area (Å²) in [6.45, 7) is 5.77. The molecule has 0 aliphatic heterocycles. The summed E-state index contributed by atoms with van der Waals surface area (Å²) >= 11 is 9.80. The van der Waals surface area contributed by atoms with Crippen LogP contribution in [0.3, 0.4) is 0 Å². The highest BCUT2D eigenvalue weighted by atomic mass is 79.9. The molecule has 114 valence electrons. The van der Waals surface area contributed by atoms with Crippen molar-refractivity contribution in [2.75, 3.05) is 40.4 Å². The number of rotatable bonds is 9. The number of ether oxygens (including phenoxy) is 1. The minimum atomic E-state index is 0.283. The maximum Gasteiger partial charge on any atom is 0.0589 e. The molecule has 1 aromatic rings. The second-order valence-corrected chi connectivity index (χ2v) is 6.18. The van der Waals surface area contributed by atoms with E-state index in [1.165, 1.54) is 0 Å². The highest BCUT2D eigenvalue weighted by Crippen LogP contribution is 2.28. The molecule has 0 aliphatic carbocycles. The summed E-state index contributed by atoms with van der Waals surface area (Å²) in [7, 11) is 3.85. The van der Waals surface area contributed by atoms with E-state index in [1.54, 1.807) is 7.11 Å². The van der Waals surface area contributed by atoms with E-state index in [0.29, 0.717) is 0 Å². The maximum absolute atomic E-state index is 6.36. The van der Waals surface area contributed by atoms with Crippen LogP contribution in [0, 0.1) is 0 Å². The first-order valence-electron chi connectivity index (χ1n) is 6.94. The maximum atomic E-state index is 6.36. The summed E-state index contributed by atoms with van der Waals surface area (Å²) in [6.07, 6.45) is 1.02. The van der Waals surface area contributed by atoms with Gasteiger partial charge in [-0.15, -0.1) is 0 Å². The second kappa shape index (κ2) is 9.74. The lowest BCUT2D eigenvalue weighted by Gasteiger charge is -2.23. The Morgan fingerprint density at radius 2 is 2.15 bits per heavy atom. The number of nitrogens with one attached hydrogen (secondary N) is 1. The fraction of sp³-hybridized carbons (Fsp3) is 0.600. The number of hydrogen-bond acceptors (Lipinski definition) is 3. The van der Waals surface area contributed by atoms with E-state index in [2.05, 4.69) is 46.2 Å². The Kier molecular flexibility index (Phi) is 8.73. The van der Waals surface area contributed by atoms with E-state index < -0.39 is 0 Å². The smallest absolute Gasteiger partial charge is 0.0589 e. The van der Waals surface area contributed by atoms with Gasteiger partial charge >= 0.3 is 0 Å². The minimum absolute atomic E-state index is 0.283. The molecule has 0 aliphatic rings. The number of nitrogens with zero attached hydrogens (tertiary/aromatic N) is 1. The van der Waals surface area contributed by atoms with Crippen LogP contribution in [0.15, 0.2) is 22.7 Å². The zero-order chi connectivity index (χ0) is 15.0. The van der Waals surface area contributed by atoms with E-state index in [4.69, 9.17) is 16.3 Å². The molecule has 0 bridgehead atoms. The van der Waals surface area contributed by atoms with Gasteiger partial charge in [-0.1, -0.05) is 40.5 Å². The topological polar surface area (TPSA) is 24.5 Å². The molecule has 0 saturated carbocycles. The predicted octanol–water partition coefficient (Wildman–Crippen LogP) is 3.72. The quantitative estimate of drug-likeness (QED) is 0.723. The standard InChI is InChI=1S/C15H24BrClN2O/c1-4-18-15(7-8-19(2)9-10-20-3)13-6-5-12(16)11-14(13)17/h5-6,11,15,18H,4,7-10H2,1-3H3. The van der Waals surface area contributed by atoms with Gasteiger partial charge in [-0.25, -0.2) is 0 Å². The monoisotopic (exact) mass is 362 g/mol. The van der Waals surface area contributed by atoms with Gasteiger partial charge in [0.1, 0.15) is 0 Å². The summed E-state index contributed by atoms with van der Waals surface area (Å²) in [4.78, 5) is 2.28. The molecule has 0 amide bonds. The first kappa shape index (κ1) is 17.9. The highest BCUT2D eigenvalue weighted by Gasteiger charge is 2.14. The molecule has 1 aromatic carbocycles. The normalized spacial score (nSPS) is 12.9. The van der Waals surface area contributed by atoms with Gasteiger partial charge < -0.3 is 15.0 Å². The van der Waals surface area contributed by atoms with Gasteiger partial charge in [-0.2, -0.15) is 0 Å². The van der Waals surface area contributed by atoms with Crippen molar-refractivity contribution in [1.82, 2.24) is 10.2 Å². The minimum Gasteiger partial charge on any atom is -0.383 e. The van der Waals surface area contributed by atoms with Crippen LogP contribution in [0.2, 0.25) is 5.02 Å². The Balaban J connectivity index is 2.64. The van der Waals surface area contributed by atoms with Crippen molar-refractivity contribution >= 4 is 27.5 Å². The summed E-state index contributed by atoms with van der Waals surface area (Å²) in [6, 6.07) is 6.37. The number of hydrogen-bond donors (Lipinski definition) is 1. The van der Waals surface area contributed by atoms with Crippen LogP contribution >= 0.6 is 27.5 Å². The van der Waals surface area contributed by atoms with Crippen molar-refractivity contribution in [3.05, 3.63) is 33.3 Å². The Bertz CT molecular complexity index is 403. The van der Waals surface area contributed by atoms with Crippen LogP contribution in [-0.4, -0.2) is 45.3 Å². The highest BCUT2D eigenvalue weighted by molar-refractivity contribution is 9.10. The molecule has 0 radical (unpaired) electrons. The Morgan fingerprint density at radius 1 is 1.40 bits per heavy atom. The van der Waals surface area contributed by atoms with Gasteiger partial charge in [-0.05, 0) is 44.3 Å². The summed E-state index contributed by atoms with van der Waals surface area (Å²) < 4.78 is 6.11. The third-order valence-electron chi connectivity index (χ3n) is 3.27. The number of methoxy groups -OCH3 is 1. The van der Waals surface area contributed by atoms with Gasteiger partial charge in [0.05, 0.1) is 6.61 Å². The van der Waals surface area contributed by atoms with Gasteiger partial charge in [0.15, 0.2) is 0 Å². The fourth-order valence-corrected chi connectivity index (χ4v) is 2.91. The second-order valence-electron chi connectivity index (χ2n) is 4.86. The number of halogens is 2. The molecule has 1 N–H and O–H groups in total. The van der Waals surface area contributed by atoms with Crippen molar-refractivity contribution in [3.63, 3.8) is 0 Å².